The maximum absolute atomic E-state index is 13.8. The molecule has 5 heteroatoms. The van der Waals surface area contributed by atoms with Gasteiger partial charge in [-0.25, -0.2) is 8.78 Å². The number of hydrogen-bond donors (Lipinski definition) is 1. The number of piperazine rings is 1. The summed E-state index contributed by atoms with van der Waals surface area (Å²) in [5, 5.41) is 3.12. The van der Waals surface area contributed by atoms with Gasteiger partial charge < -0.3 is 10.2 Å². The summed E-state index contributed by atoms with van der Waals surface area (Å²) in [6.45, 7) is 1.36. The summed E-state index contributed by atoms with van der Waals surface area (Å²) >= 11 is 0. The minimum absolute atomic E-state index is 0.122. The van der Waals surface area contributed by atoms with Crippen LogP contribution in [0.2, 0.25) is 0 Å². The van der Waals surface area contributed by atoms with Crippen molar-refractivity contribution >= 4 is 5.91 Å². The van der Waals surface area contributed by atoms with Crippen molar-refractivity contribution in [1.29, 1.82) is 0 Å². The highest BCUT2D eigenvalue weighted by atomic mass is 19.1. The molecule has 1 atom stereocenters. The average Bonchev–Trinajstić information content (AvgIpc) is 2.55. The lowest BCUT2D eigenvalue weighted by Crippen LogP contribution is -2.55. The molecule has 3 nitrogen and oxygen atoms in total. The van der Waals surface area contributed by atoms with Crippen molar-refractivity contribution in [2.24, 2.45) is 0 Å². The van der Waals surface area contributed by atoms with Gasteiger partial charge in [0.1, 0.15) is 11.6 Å². The Kier molecular flexibility index (Phi) is 4.67. The van der Waals surface area contributed by atoms with E-state index in [0.717, 1.165) is 0 Å². The van der Waals surface area contributed by atoms with E-state index in [2.05, 4.69) is 5.32 Å². The summed E-state index contributed by atoms with van der Waals surface area (Å²) in [7, 11) is 0. The molecule has 23 heavy (non-hydrogen) atoms. The predicted octanol–water partition coefficient (Wildman–Crippen LogP) is 2.51. The van der Waals surface area contributed by atoms with Gasteiger partial charge in [0.15, 0.2) is 0 Å². The summed E-state index contributed by atoms with van der Waals surface area (Å²) in [4.78, 5) is 14.2. The first-order valence-corrected chi connectivity index (χ1v) is 7.64. The lowest BCUT2D eigenvalue weighted by atomic mass is 10.0. The van der Waals surface area contributed by atoms with Crippen molar-refractivity contribution in [3.05, 3.63) is 71.3 Å². The molecule has 1 fully saturated rings. The van der Waals surface area contributed by atoms with Crippen LogP contribution in [0, 0.1) is 11.6 Å². The first kappa shape index (κ1) is 15.6. The minimum atomic E-state index is -0.479. The third kappa shape index (κ3) is 3.56. The van der Waals surface area contributed by atoms with Crippen LogP contribution in [0.4, 0.5) is 8.78 Å². The molecule has 0 bridgehead atoms. The van der Waals surface area contributed by atoms with Gasteiger partial charge in [-0.15, -0.1) is 0 Å². The quantitative estimate of drug-likeness (QED) is 0.940. The van der Waals surface area contributed by atoms with Gasteiger partial charge >= 0.3 is 0 Å². The van der Waals surface area contributed by atoms with E-state index in [1.807, 2.05) is 0 Å². The smallest absolute Gasteiger partial charge is 0.240 e. The van der Waals surface area contributed by atoms with Crippen LogP contribution in [0.3, 0.4) is 0 Å². The van der Waals surface area contributed by atoms with Gasteiger partial charge in [-0.1, -0.05) is 36.4 Å². The highest BCUT2D eigenvalue weighted by Crippen LogP contribution is 2.16. The third-order valence-corrected chi connectivity index (χ3v) is 4.08. The molecule has 120 valence electrons. The van der Waals surface area contributed by atoms with Crippen LogP contribution in [0.5, 0.6) is 0 Å². The number of halogens is 2. The van der Waals surface area contributed by atoms with Gasteiger partial charge in [0.2, 0.25) is 5.91 Å². The molecule has 1 amide bonds. The lowest BCUT2D eigenvalue weighted by Gasteiger charge is -2.33. The van der Waals surface area contributed by atoms with Crippen LogP contribution in [0.1, 0.15) is 11.1 Å². The van der Waals surface area contributed by atoms with Crippen molar-refractivity contribution in [2.75, 3.05) is 13.1 Å². The summed E-state index contributed by atoms with van der Waals surface area (Å²) in [5.41, 5.74) is 0.999. The third-order valence-electron chi connectivity index (χ3n) is 4.08. The Morgan fingerprint density at radius 3 is 2.26 bits per heavy atom. The highest BCUT2D eigenvalue weighted by molar-refractivity contribution is 5.83. The maximum atomic E-state index is 13.8. The average molecular weight is 316 g/mol. The second-order valence-corrected chi connectivity index (χ2v) is 5.65. The molecule has 1 saturated heterocycles. The predicted molar refractivity (Wildman–Crippen MR) is 83.7 cm³/mol. The highest BCUT2D eigenvalue weighted by Gasteiger charge is 2.29. The Hall–Kier alpha value is -2.27. The molecule has 0 aromatic heterocycles. The molecule has 1 aliphatic heterocycles. The van der Waals surface area contributed by atoms with E-state index in [1.54, 1.807) is 41.3 Å². The van der Waals surface area contributed by atoms with Crippen molar-refractivity contribution in [1.82, 2.24) is 10.2 Å². The van der Waals surface area contributed by atoms with Crippen molar-refractivity contribution in [2.45, 2.75) is 19.0 Å². The molecule has 2 aromatic rings. The van der Waals surface area contributed by atoms with Gasteiger partial charge in [-0.05, 0) is 24.1 Å². The molecule has 0 aliphatic carbocycles. The van der Waals surface area contributed by atoms with Gasteiger partial charge in [0.05, 0.1) is 6.04 Å². The molecule has 3 rings (SSSR count). The van der Waals surface area contributed by atoms with Gasteiger partial charge in [-0.2, -0.15) is 0 Å². The van der Waals surface area contributed by atoms with Crippen LogP contribution in [0.15, 0.2) is 48.5 Å². The summed E-state index contributed by atoms with van der Waals surface area (Å²) in [6.07, 6.45) is 0.291. The fourth-order valence-electron chi connectivity index (χ4n) is 2.82. The molecule has 0 saturated carbocycles. The number of benzene rings is 2. The first-order chi connectivity index (χ1) is 11.1. The molecule has 1 heterocycles. The Labute approximate surface area is 133 Å². The SMILES string of the molecule is O=C1C(Cc2ccccc2F)NCCN1Cc1ccccc1F. The topological polar surface area (TPSA) is 32.3 Å². The van der Waals surface area contributed by atoms with Crippen molar-refractivity contribution in [3.63, 3.8) is 0 Å². The van der Waals surface area contributed by atoms with Gasteiger partial charge in [-0.3, -0.25) is 4.79 Å². The lowest BCUT2D eigenvalue weighted by molar-refractivity contribution is -0.136. The Balaban J connectivity index is 1.71. The Morgan fingerprint density at radius 1 is 1.00 bits per heavy atom. The van der Waals surface area contributed by atoms with Crippen LogP contribution in [0.25, 0.3) is 0 Å². The Morgan fingerprint density at radius 2 is 1.61 bits per heavy atom. The number of carbonyl (C=O) groups is 1. The number of nitrogens with zero attached hydrogens (tertiary/aromatic N) is 1. The van der Waals surface area contributed by atoms with Crippen molar-refractivity contribution in [3.8, 4) is 0 Å². The molecule has 1 unspecified atom stereocenters. The van der Waals surface area contributed by atoms with Crippen LogP contribution in [-0.4, -0.2) is 29.9 Å². The van der Waals surface area contributed by atoms with Crippen LogP contribution < -0.4 is 5.32 Å². The fourth-order valence-corrected chi connectivity index (χ4v) is 2.82. The van der Waals surface area contributed by atoms with E-state index in [0.29, 0.717) is 30.6 Å². The van der Waals surface area contributed by atoms with Crippen LogP contribution >= 0.6 is 0 Å². The molecule has 0 radical (unpaired) electrons. The molecular weight excluding hydrogens is 298 g/mol. The largest absolute Gasteiger partial charge is 0.336 e. The molecule has 1 aliphatic rings. The van der Waals surface area contributed by atoms with Gasteiger partial charge in [0.25, 0.3) is 0 Å². The Bertz CT molecular complexity index is 647. The maximum Gasteiger partial charge on any atom is 0.240 e. The molecule has 0 spiro atoms. The van der Waals surface area contributed by atoms with Crippen LogP contribution in [-0.2, 0) is 17.8 Å². The number of carbonyl (C=O) groups excluding carboxylic acids is 1. The van der Waals surface area contributed by atoms with Gasteiger partial charge in [0, 0.05) is 25.2 Å². The summed E-state index contributed by atoms with van der Waals surface area (Å²) in [5.74, 6) is -0.749. The number of hydrogen-bond acceptors (Lipinski definition) is 2. The van der Waals surface area contributed by atoms with E-state index in [4.69, 9.17) is 0 Å². The minimum Gasteiger partial charge on any atom is -0.336 e. The van der Waals surface area contributed by atoms with E-state index in [-0.39, 0.29) is 24.1 Å². The van der Waals surface area contributed by atoms with E-state index in [9.17, 15) is 13.6 Å². The second-order valence-electron chi connectivity index (χ2n) is 5.65. The molecular formula is C18H18F2N2O. The second kappa shape index (κ2) is 6.87. The van der Waals surface area contributed by atoms with E-state index < -0.39 is 6.04 Å². The normalized spacial score (nSPS) is 18.3. The number of rotatable bonds is 4. The zero-order valence-corrected chi connectivity index (χ0v) is 12.6. The number of amides is 1. The zero-order valence-electron chi connectivity index (χ0n) is 12.6. The monoisotopic (exact) mass is 316 g/mol. The van der Waals surface area contributed by atoms with E-state index in [1.165, 1.54) is 12.1 Å². The molecule has 1 N–H and O–H groups in total. The summed E-state index contributed by atoms with van der Waals surface area (Å²) < 4.78 is 27.5. The first-order valence-electron chi connectivity index (χ1n) is 7.64. The number of nitrogens with one attached hydrogen (secondary N) is 1. The van der Waals surface area contributed by atoms with E-state index >= 15 is 0 Å². The standard InChI is InChI=1S/C18H18F2N2O/c19-15-7-3-1-5-13(15)11-17-18(23)22(10-9-21-17)12-14-6-2-4-8-16(14)20/h1-8,17,21H,9-12H2. The van der Waals surface area contributed by atoms with Crippen molar-refractivity contribution < 1.29 is 13.6 Å². The fraction of sp³-hybridized carbons (Fsp3) is 0.278. The molecule has 2 aromatic carbocycles. The zero-order chi connectivity index (χ0) is 16.2. The summed E-state index contributed by atoms with van der Waals surface area (Å²) in [6, 6.07) is 12.4.